The molecule has 0 aliphatic carbocycles. The van der Waals surface area contributed by atoms with Gasteiger partial charge in [0.1, 0.15) is 0 Å². The molecule has 0 aliphatic heterocycles. The lowest BCUT2D eigenvalue weighted by Gasteiger charge is -1.93. The Labute approximate surface area is 57.6 Å². The highest BCUT2D eigenvalue weighted by atomic mass is 19.1. The van der Waals surface area contributed by atoms with Crippen LogP contribution in [0.3, 0.4) is 0 Å². The first-order valence-corrected chi connectivity index (χ1v) is 2.85. The second-order valence-electron chi connectivity index (χ2n) is 1.92. The number of allylic oxidation sites excluding steroid dienone is 1. The van der Waals surface area contributed by atoms with Crippen molar-refractivity contribution in [2.45, 2.75) is 12.8 Å². The summed E-state index contributed by atoms with van der Waals surface area (Å²) < 4.78 is 16.5. The zero-order valence-electron chi connectivity index (χ0n) is 5.54. The van der Waals surface area contributed by atoms with Crippen LogP contribution in [0.1, 0.15) is 18.7 Å². The van der Waals surface area contributed by atoms with E-state index in [0.29, 0.717) is 0 Å². The predicted molar refractivity (Wildman–Crippen MR) is 32.9 cm³/mol. The molecular formula is C6H7FN2O. The molecule has 1 atom stereocenters. The Bertz CT molecular complexity index is 233. The van der Waals surface area contributed by atoms with Crippen molar-refractivity contribution in [3.63, 3.8) is 0 Å². The topological polar surface area (TPSA) is 38.9 Å². The van der Waals surface area contributed by atoms with Gasteiger partial charge in [-0.05, 0) is 0 Å². The molecule has 1 heterocycles. The first kappa shape index (κ1) is 6.92. The molecule has 0 bridgehead atoms. The van der Waals surface area contributed by atoms with Crippen LogP contribution in [0.2, 0.25) is 0 Å². The fourth-order valence-corrected chi connectivity index (χ4v) is 0.501. The maximum atomic E-state index is 12.0. The fourth-order valence-electron chi connectivity index (χ4n) is 0.501. The molecule has 1 aromatic heterocycles. The monoisotopic (exact) mass is 142 g/mol. The number of rotatable bonds is 2. The third-order valence-electron chi connectivity index (χ3n) is 1.16. The number of halogens is 1. The number of nitrogens with zero attached hydrogens (tertiary/aromatic N) is 2. The van der Waals surface area contributed by atoms with Crippen molar-refractivity contribution >= 4 is 0 Å². The Morgan fingerprint density at radius 3 is 2.80 bits per heavy atom. The molecule has 3 nitrogen and oxygen atoms in total. The molecule has 10 heavy (non-hydrogen) atoms. The smallest absolute Gasteiger partial charge is 0.399 e. The quantitative estimate of drug-likeness (QED) is 0.587. The van der Waals surface area contributed by atoms with Crippen LogP contribution in [0.4, 0.5) is 4.39 Å². The lowest BCUT2D eigenvalue weighted by atomic mass is 10.2. The maximum absolute atomic E-state index is 12.0. The van der Waals surface area contributed by atoms with Crippen molar-refractivity contribution < 1.29 is 8.81 Å². The SMILES string of the molecule is C=CC(C)c1nnc(F)o1. The average molecular weight is 142 g/mol. The summed E-state index contributed by atoms with van der Waals surface area (Å²) in [6, 6.07) is 0. The molecule has 4 heteroatoms. The summed E-state index contributed by atoms with van der Waals surface area (Å²) in [5, 5.41) is 6.48. The van der Waals surface area contributed by atoms with Crippen LogP contribution >= 0.6 is 0 Å². The van der Waals surface area contributed by atoms with Crippen LogP contribution in [-0.4, -0.2) is 10.2 Å². The lowest BCUT2D eigenvalue weighted by Crippen LogP contribution is -1.87. The largest absolute Gasteiger partial charge is 0.402 e. The molecule has 54 valence electrons. The van der Waals surface area contributed by atoms with Crippen molar-refractivity contribution in [1.82, 2.24) is 10.2 Å². The van der Waals surface area contributed by atoms with Gasteiger partial charge in [0.15, 0.2) is 0 Å². The summed E-state index contributed by atoms with van der Waals surface area (Å²) in [5.74, 6) is 0.171. The van der Waals surface area contributed by atoms with Gasteiger partial charge in [0.05, 0.1) is 5.92 Å². The number of hydrogen-bond donors (Lipinski definition) is 0. The van der Waals surface area contributed by atoms with Crippen molar-refractivity contribution in [1.29, 1.82) is 0 Å². The molecule has 1 aromatic rings. The molecule has 0 radical (unpaired) electrons. The van der Waals surface area contributed by atoms with Gasteiger partial charge in [-0.25, -0.2) is 0 Å². The van der Waals surface area contributed by atoms with E-state index in [2.05, 4.69) is 21.2 Å². The Morgan fingerprint density at radius 2 is 2.40 bits per heavy atom. The van der Waals surface area contributed by atoms with E-state index in [-0.39, 0.29) is 11.8 Å². The normalized spacial score (nSPS) is 13.0. The molecule has 0 saturated carbocycles. The lowest BCUT2D eigenvalue weighted by molar-refractivity contribution is 0.314. The highest BCUT2D eigenvalue weighted by Crippen LogP contribution is 2.12. The first-order valence-electron chi connectivity index (χ1n) is 2.85. The molecule has 0 N–H and O–H groups in total. The number of hydrogen-bond acceptors (Lipinski definition) is 3. The van der Waals surface area contributed by atoms with Gasteiger partial charge in [0.25, 0.3) is 0 Å². The third kappa shape index (κ3) is 1.21. The minimum Gasteiger partial charge on any atom is -0.399 e. The van der Waals surface area contributed by atoms with Gasteiger partial charge in [0.2, 0.25) is 5.89 Å². The Balaban J connectivity index is 2.84. The van der Waals surface area contributed by atoms with Crippen LogP contribution in [-0.2, 0) is 0 Å². The van der Waals surface area contributed by atoms with Gasteiger partial charge < -0.3 is 4.42 Å². The summed E-state index contributed by atoms with van der Waals surface area (Å²) in [4.78, 5) is 0. The summed E-state index contributed by atoms with van der Waals surface area (Å²) in [7, 11) is 0. The van der Waals surface area contributed by atoms with Crippen molar-refractivity contribution in [2.24, 2.45) is 0 Å². The molecule has 0 spiro atoms. The van der Waals surface area contributed by atoms with Gasteiger partial charge in [0, 0.05) is 0 Å². The number of aromatic nitrogens is 2. The Kier molecular flexibility index (Phi) is 1.80. The molecule has 1 unspecified atom stereocenters. The van der Waals surface area contributed by atoms with Crippen molar-refractivity contribution in [2.75, 3.05) is 0 Å². The van der Waals surface area contributed by atoms with Crippen LogP contribution in [0.15, 0.2) is 17.1 Å². The van der Waals surface area contributed by atoms with E-state index in [0.717, 1.165) is 0 Å². The van der Waals surface area contributed by atoms with Crippen molar-refractivity contribution in [3.8, 4) is 0 Å². The van der Waals surface area contributed by atoms with Gasteiger partial charge in [-0.1, -0.05) is 18.1 Å². The van der Waals surface area contributed by atoms with E-state index in [1.807, 2.05) is 0 Å². The van der Waals surface area contributed by atoms with E-state index in [4.69, 9.17) is 0 Å². The van der Waals surface area contributed by atoms with E-state index in [9.17, 15) is 4.39 Å². The summed E-state index contributed by atoms with van der Waals surface area (Å²) in [6.45, 7) is 5.29. The van der Waals surface area contributed by atoms with Crippen LogP contribution in [0.25, 0.3) is 0 Å². The standard InChI is InChI=1S/C6H7FN2O/c1-3-4(2)5-8-9-6(7)10-5/h3-4H,1H2,2H3. The Hall–Kier alpha value is -1.19. The molecule has 1 rings (SSSR count). The third-order valence-corrected chi connectivity index (χ3v) is 1.16. The van der Waals surface area contributed by atoms with Crippen LogP contribution in [0.5, 0.6) is 0 Å². The summed E-state index contributed by atoms with van der Waals surface area (Å²) in [6.07, 6.45) is 0.705. The maximum Gasteiger partial charge on any atom is 0.402 e. The predicted octanol–water partition coefficient (Wildman–Crippen LogP) is 1.50. The van der Waals surface area contributed by atoms with E-state index >= 15 is 0 Å². The van der Waals surface area contributed by atoms with Gasteiger partial charge in [-0.3, -0.25) is 0 Å². The highest BCUT2D eigenvalue weighted by Gasteiger charge is 2.09. The summed E-state index contributed by atoms with van der Waals surface area (Å²) in [5.41, 5.74) is 0. The molecule has 0 saturated heterocycles. The summed E-state index contributed by atoms with van der Waals surface area (Å²) >= 11 is 0. The second kappa shape index (κ2) is 2.60. The first-order chi connectivity index (χ1) is 4.74. The second-order valence-corrected chi connectivity index (χ2v) is 1.92. The fraction of sp³-hybridized carbons (Fsp3) is 0.333. The van der Waals surface area contributed by atoms with Gasteiger partial charge in [-0.2, -0.15) is 0 Å². The molecule has 0 fully saturated rings. The average Bonchev–Trinajstić information content (AvgIpc) is 2.34. The molecule has 0 aliphatic rings. The minimum absolute atomic E-state index is 0.0861. The van der Waals surface area contributed by atoms with Crippen LogP contribution in [0, 0.1) is 6.14 Å². The highest BCUT2D eigenvalue weighted by molar-refractivity contribution is 4.96. The molecule has 0 amide bonds. The van der Waals surface area contributed by atoms with Gasteiger partial charge in [-0.15, -0.1) is 16.1 Å². The van der Waals surface area contributed by atoms with E-state index in [1.54, 1.807) is 13.0 Å². The van der Waals surface area contributed by atoms with E-state index in [1.165, 1.54) is 0 Å². The van der Waals surface area contributed by atoms with E-state index < -0.39 is 6.14 Å². The van der Waals surface area contributed by atoms with Crippen LogP contribution < -0.4 is 0 Å². The minimum atomic E-state index is -0.899. The molecule has 0 aromatic carbocycles. The zero-order chi connectivity index (χ0) is 7.56. The molecular weight excluding hydrogens is 135 g/mol. The van der Waals surface area contributed by atoms with Crippen molar-refractivity contribution in [3.05, 3.63) is 24.7 Å². The van der Waals surface area contributed by atoms with Gasteiger partial charge >= 0.3 is 6.14 Å². The zero-order valence-corrected chi connectivity index (χ0v) is 5.54. The Morgan fingerprint density at radius 1 is 1.70 bits per heavy atom.